The van der Waals surface area contributed by atoms with Crippen LogP contribution in [0.4, 0.5) is 5.69 Å². The van der Waals surface area contributed by atoms with Crippen LogP contribution in [0.1, 0.15) is 15.2 Å². The number of amides is 1. The highest BCUT2D eigenvalue weighted by atomic mass is 32.2. The number of thioether (sulfide) groups is 1. The van der Waals surface area contributed by atoms with Crippen LogP contribution in [-0.4, -0.2) is 40.4 Å². The number of hydrogen-bond acceptors (Lipinski definition) is 5. The van der Waals surface area contributed by atoms with Crippen molar-refractivity contribution in [3.63, 3.8) is 0 Å². The van der Waals surface area contributed by atoms with Crippen LogP contribution >= 0.6 is 23.1 Å². The Balaban J connectivity index is 2.03. The van der Waals surface area contributed by atoms with Gasteiger partial charge in [-0.15, -0.1) is 11.3 Å². The van der Waals surface area contributed by atoms with Gasteiger partial charge in [-0.25, -0.2) is 4.98 Å². The number of hydrogen-bond donors (Lipinski definition) is 1. The summed E-state index contributed by atoms with van der Waals surface area (Å²) in [6.07, 6.45) is 1.76. The van der Waals surface area contributed by atoms with E-state index in [1.54, 1.807) is 6.20 Å². The predicted octanol–water partition coefficient (Wildman–Crippen LogP) is 2.38. The molecule has 2 aromatic rings. The zero-order chi connectivity index (χ0) is 13.4. The molecule has 6 heteroatoms. The van der Waals surface area contributed by atoms with Crippen LogP contribution in [0.25, 0.3) is 10.2 Å². The molecule has 100 valence electrons. The van der Waals surface area contributed by atoms with Crippen LogP contribution in [0.5, 0.6) is 0 Å². The summed E-state index contributed by atoms with van der Waals surface area (Å²) in [5.41, 5.74) is 7.83. The largest absolute Gasteiger partial charge is 0.397 e. The number of aryl methyl sites for hydroxylation is 1. The monoisotopic (exact) mass is 293 g/mol. The van der Waals surface area contributed by atoms with E-state index in [0.717, 1.165) is 40.4 Å². The van der Waals surface area contributed by atoms with Gasteiger partial charge in [0.2, 0.25) is 0 Å². The summed E-state index contributed by atoms with van der Waals surface area (Å²) in [6, 6.07) is 1.93. The highest BCUT2D eigenvalue weighted by Gasteiger charge is 2.24. The number of carbonyl (C=O) groups is 1. The number of anilines is 1. The normalized spacial score (nSPS) is 15.9. The molecular weight excluding hydrogens is 278 g/mol. The molecule has 0 bridgehead atoms. The summed E-state index contributed by atoms with van der Waals surface area (Å²) in [6.45, 7) is 3.62. The molecule has 0 saturated carbocycles. The van der Waals surface area contributed by atoms with Crippen LogP contribution in [0.15, 0.2) is 12.3 Å². The SMILES string of the molecule is Cc1ccnc2sc(C(=O)N3CCSCC3)c(N)c12. The molecule has 1 fully saturated rings. The predicted molar refractivity (Wildman–Crippen MR) is 82.0 cm³/mol. The molecule has 3 rings (SSSR count). The molecule has 1 aliphatic rings. The summed E-state index contributed by atoms with van der Waals surface area (Å²) in [5, 5.41) is 0.933. The van der Waals surface area contributed by atoms with Gasteiger partial charge in [-0.2, -0.15) is 11.8 Å². The lowest BCUT2D eigenvalue weighted by Crippen LogP contribution is -2.37. The lowest BCUT2D eigenvalue weighted by molar-refractivity contribution is 0.0778. The Labute approximate surface area is 120 Å². The minimum atomic E-state index is 0.0557. The Morgan fingerprint density at radius 1 is 1.42 bits per heavy atom. The molecule has 1 saturated heterocycles. The van der Waals surface area contributed by atoms with Gasteiger partial charge in [0.25, 0.3) is 5.91 Å². The first kappa shape index (κ1) is 12.7. The number of nitrogens with zero attached hydrogens (tertiary/aromatic N) is 2. The zero-order valence-electron chi connectivity index (χ0n) is 10.7. The van der Waals surface area contributed by atoms with Crippen LogP contribution in [0.2, 0.25) is 0 Å². The Kier molecular flexibility index (Phi) is 3.36. The van der Waals surface area contributed by atoms with Crippen LogP contribution < -0.4 is 5.73 Å². The third kappa shape index (κ3) is 2.19. The quantitative estimate of drug-likeness (QED) is 0.877. The van der Waals surface area contributed by atoms with E-state index in [1.807, 2.05) is 29.7 Å². The average molecular weight is 293 g/mol. The molecule has 2 aromatic heterocycles. The van der Waals surface area contributed by atoms with Crippen molar-refractivity contribution in [2.45, 2.75) is 6.92 Å². The molecule has 1 aliphatic heterocycles. The standard InChI is InChI=1S/C13H15N3OS2/c1-8-2-3-15-12-9(8)10(14)11(19-12)13(17)16-4-6-18-7-5-16/h2-3H,4-7,14H2,1H3. The lowest BCUT2D eigenvalue weighted by Gasteiger charge is -2.26. The third-order valence-corrected chi connectivity index (χ3v) is 5.37. The van der Waals surface area contributed by atoms with E-state index in [2.05, 4.69) is 4.98 Å². The molecule has 0 atom stereocenters. The second-order valence-corrected chi connectivity index (χ2v) is 6.78. The number of pyridine rings is 1. The second-order valence-electron chi connectivity index (χ2n) is 4.56. The summed E-state index contributed by atoms with van der Waals surface area (Å²) >= 11 is 3.29. The van der Waals surface area contributed by atoms with Crippen molar-refractivity contribution in [2.24, 2.45) is 0 Å². The number of nitrogen functional groups attached to an aromatic ring is 1. The van der Waals surface area contributed by atoms with Crippen LogP contribution in [0, 0.1) is 6.92 Å². The summed E-state index contributed by atoms with van der Waals surface area (Å²) < 4.78 is 0. The van der Waals surface area contributed by atoms with E-state index < -0.39 is 0 Å². The Morgan fingerprint density at radius 3 is 2.84 bits per heavy atom. The number of carbonyl (C=O) groups excluding carboxylic acids is 1. The fraction of sp³-hybridized carbons (Fsp3) is 0.385. The van der Waals surface area contributed by atoms with Gasteiger partial charge in [-0.05, 0) is 18.6 Å². The summed E-state index contributed by atoms with van der Waals surface area (Å²) in [4.78, 5) is 20.2. The minimum Gasteiger partial charge on any atom is -0.397 e. The minimum absolute atomic E-state index is 0.0557. The molecule has 0 spiro atoms. The molecular formula is C13H15N3OS2. The first-order valence-corrected chi connectivity index (χ1v) is 8.16. The number of nitrogens with two attached hydrogens (primary N) is 1. The first-order valence-electron chi connectivity index (χ1n) is 6.19. The Hall–Kier alpha value is -1.27. The first-order chi connectivity index (χ1) is 9.18. The number of fused-ring (bicyclic) bond motifs is 1. The van der Waals surface area contributed by atoms with Crippen molar-refractivity contribution in [3.8, 4) is 0 Å². The van der Waals surface area contributed by atoms with Crippen molar-refractivity contribution in [1.29, 1.82) is 0 Å². The Bertz CT molecular complexity index is 632. The summed E-state index contributed by atoms with van der Waals surface area (Å²) in [5.74, 6) is 2.07. The smallest absolute Gasteiger partial charge is 0.266 e. The highest BCUT2D eigenvalue weighted by Crippen LogP contribution is 2.35. The van der Waals surface area contributed by atoms with Crippen molar-refractivity contribution >= 4 is 44.9 Å². The van der Waals surface area contributed by atoms with Crippen molar-refractivity contribution in [1.82, 2.24) is 9.88 Å². The number of aromatic nitrogens is 1. The van der Waals surface area contributed by atoms with E-state index >= 15 is 0 Å². The molecule has 0 radical (unpaired) electrons. The third-order valence-electron chi connectivity index (χ3n) is 3.33. The Morgan fingerprint density at radius 2 is 2.16 bits per heavy atom. The van der Waals surface area contributed by atoms with Crippen LogP contribution in [0.3, 0.4) is 0 Å². The maximum atomic E-state index is 12.5. The van der Waals surface area contributed by atoms with Gasteiger partial charge >= 0.3 is 0 Å². The van der Waals surface area contributed by atoms with E-state index in [1.165, 1.54) is 11.3 Å². The van der Waals surface area contributed by atoms with Gasteiger partial charge in [0.15, 0.2) is 0 Å². The molecule has 19 heavy (non-hydrogen) atoms. The van der Waals surface area contributed by atoms with E-state index in [4.69, 9.17) is 5.73 Å². The average Bonchev–Trinajstić information content (AvgIpc) is 2.78. The lowest BCUT2D eigenvalue weighted by atomic mass is 10.1. The fourth-order valence-corrected chi connectivity index (χ4v) is 4.28. The van der Waals surface area contributed by atoms with E-state index in [0.29, 0.717) is 10.6 Å². The van der Waals surface area contributed by atoms with Crippen molar-refractivity contribution in [3.05, 3.63) is 22.7 Å². The topological polar surface area (TPSA) is 59.2 Å². The van der Waals surface area contributed by atoms with E-state index in [-0.39, 0.29) is 5.91 Å². The number of thiophene rings is 1. The molecule has 0 aromatic carbocycles. The second kappa shape index (κ2) is 5.02. The zero-order valence-corrected chi connectivity index (χ0v) is 12.3. The van der Waals surface area contributed by atoms with Gasteiger partial charge < -0.3 is 10.6 Å². The van der Waals surface area contributed by atoms with E-state index in [9.17, 15) is 4.79 Å². The summed E-state index contributed by atoms with van der Waals surface area (Å²) in [7, 11) is 0. The van der Waals surface area contributed by atoms with Gasteiger partial charge in [0, 0.05) is 36.2 Å². The fourth-order valence-electron chi connectivity index (χ4n) is 2.27. The van der Waals surface area contributed by atoms with Crippen molar-refractivity contribution < 1.29 is 4.79 Å². The highest BCUT2D eigenvalue weighted by molar-refractivity contribution is 7.99. The molecule has 2 N–H and O–H groups in total. The number of rotatable bonds is 1. The van der Waals surface area contributed by atoms with Gasteiger partial charge in [-0.3, -0.25) is 4.79 Å². The van der Waals surface area contributed by atoms with Crippen molar-refractivity contribution in [2.75, 3.05) is 30.3 Å². The van der Waals surface area contributed by atoms with Gasteiger partial charge in [0.1, 0.15) is 9.71 Å². The molecule has 4 nitrogen and oxygen atoms in total. The van der Waals surface area contributed by atoms with Gasteiger partial charge in [0.05, 0.1) is 5.69 Å². The van der Waals surface area contributed by atoms with Gasteiger partial charge in [-0.1, -0.05) is 0 Å². The molecule has 3 heterocycles. The maximum Gasteiger partial charge on any atom is 0.266 e. The molecule has 0 aliphatic carbocycles. The van der Waals surface area contributed by atoms with Crippen LogP contribution in [-0.2, 0) is 0 Å². The molecule has 0 unspecified atom stereocenters. The maximum absolute atomic E-state index is 12.5. The molecule has 1 amide bonds.